The molecule has 0 atom stereocenters. The van der Waals surface area contributed by atoms with Crippen LogP contribution in [0.1, 0.15) is 85.5 Å². The third-order valence-corrected chi connectivity index (χ3v) is 3.45. The molecule has 1 rings (SSSR count). The zero-order chi connectivity index (χ0) is 14.7. The highest BCUT2D eigenvalue weighted by Gasteiger charge is 2.14. The molecule has 3 heteroatoms. The van der Waals surface area contributed by atoms with Crippen molar-refractivity contribution < 1.29 is 14.6 Å². The largest absolute Gasteiger partial charge is 0.506 e. The van der Waals surface area contributed by atoms with E-state index in [-0.39, 0.29) is 0 Å². The van der Waals surface area contributed by atoms with Gasteiger partial charge in [-0.05, 0) is 26.7 Å². The van der Waals surface area contributed by atoms with Gasteiger partial charge in [-0.15, -0.1) is 0 Å². The Balaban J connectivity index is 0.000000362. The van der Waals surface area contributed by atoms with E-state index in [4.69, 9.17) is 5.11 Å². The first-order valence-corrected chi connectivity index (χ1v) is 7.77. The van der Waals surface area contributed by atoms with Crippen LogP contribution >= 0.6 is 0 Å². The van der Waals surface area contributed by atoms with Crippen LogP contribution in [0.25, 0.3) is 0 Å². The van der Waals surface area contributed by atoms with Crippen LogP contribution in [-0.2, 0) is 4.74 Å². The van der Waals surface area contributed by atoms with Crippen LogP contribution in [0.3, 0.4) is 0 Å². The van der Waals surface area contributed by atoms with Gasteiger partial charge < -0.3 is 9.84 Å². The molecule has 0 aromatic heterocycles. The fourth-order valence-corrected chi connectivity index (χ4v) is 2.39. The Kier molecular flexibility index (Phi) is 9.72. The van der Waals surface area contributed by atoms with Crippen LogP contribution in [0.15, 0.2) is 0 Å². The van der Waals surface area contributed by atoms with Crippen molar-refractivity contribution in [1.82, 2.24) is 0 Å². The number of rotatable bonds is 1. The Morgan fingerprint density at radius 2 is 1.47 bits per heavy atom. The number of hydrogen-bond donors (Lipinski definition) is 1. The molecule has 0 amide bonds. The van der Waals surface area contributed by atoms with E-state index in [1.54, 1.807) is 20.8 Å². The van der Waals surface area contributed by atoms with E-state index in [1.165, 1.54) is 57.8 Å². The third kappa shape index (κ3) is 13.5. The van der Waals surface area contributed by atoms with Gasteiger partial charge in [-0.2, -0.15) is 0 Å². The van der Waals surface area contributed by atoms with Gasteiger partial charge in [-0.3, -0.25) is 0 Å². The van der Waals surface area contributed by atoms with Crippen molar-refractivity contribution in [3.63, 3.8) is 0 Å². The summed E-state index contributed by atoms with van der Waals surface area (Å²) in [4.78, 5) is 9.79. The average Bonchev–Trinajstić information content (AvgIpc) is 2.39. The van der Waals surface area contributed by atoms with Gasteiger partial charge in [0.1, 0.15) is 5.60 Å². The molecule has 0 aromatic rings. The number of hydrogen-bond acceptors (Lipinski definition) is 2. The lowest BCUT2D eigenvalue weighted by Crippen LogP contribution is -2.22. The summed E-state index contributed by atoms with van der Waals surface area (Å²) in [5.74, 6) is 1.06. The highest BCUT2D eigenvalue weighted by molar-refractivity contribution is 5.57. The maximum Gasteiger partial charge on any atom is 0.506 e. The van der Waals surface area contributed by atoms with Gasteiger partial charge in [-0.1, -0.05) is 64.7 Å². The summed E-state index contributed by atoms with van der Waals surface area (Å²) in [6.45, 7) is 7.39. The summed E-state index contributed by atoms with van der Waals surface area (Å²) in [7, 11) is 0. The second-order valence-corrected chi connectivity index (χ2v) is 6.45. The Morgan fingerprint density at radius 1 is 1.05 bits per heavy atom. The zero-order valence-corrected chi connectivity index (χ0v) is 13.2. The van der Waals surface area contributed by atoms with Crippen molar-refractivity contribution in [1.29, 1.82) is 0 Å². The van der Waals surface area contributed by atoms with Crippen LogP contribution in [0.5, 0.6) is 0 Å². The van der Waals surface area contributed by atoms with Gasteiger partial charge in [0.15, 0.2) is 0 Å². The Morgan fingerprint density at radius 3 is 1.74 bits per heavy atom. The monoisotopic (exact) mass is 272 g/mol. The van der Waals surface area contributed by atoms with Gasteiger partial charge in [0.25, 0.3) is 0 Å². The SMILES string of the molecule is CC(C)(C)OC(=O)O.CCC1CCCCCCCC1. The van der Waals surface area contributed by atoms with Gasteiger partial charge in [0.2, 0.25) is 0 Å². The summed E-state index contributed by atoms with van der Waals surface area (Å²) in [6, 6.07) is 0. The minimum absolute atomic E-state index is 0.578. The summed E-state index contributed by atoms with van der Waals surface area (Å²) >= 11 is 0. The van der Waals surface area contributed by atoms with E-state index in [2.05, 4.69) is 11.7 Å². The first-order chi connectivity index (χ1) is 8.85. The summed E-state index contributed by atoms with van der Waals surface area (Å²) < 4.78 is 4.35. The van der Waals surface area contributed by atoms with Crippen LogP contribution in [0.4, 0.5) is 4.79 Å². The normalized spacial score (nSPS) is 18.3. The smallest absolute Gasteiger partial charge is 0.450 e. The second kappa shape index (κ2) is 10.1. The molecular formula is C16H32O3. The standard InChI is InChI=1S/C11H22.C5H10O3/c1-2-11-9-7-5-3-4-6-8-10-11;1-5(2,3)8-4(6)7/h11H,2-10H2,1H3;1-3H3,(H,6,7). The third-order valence-electron chi connectivity index (χ3n) is 3.45. The van der Waals surface area contributed by atoms with E-state index in [0.29, 0.717) is 0 Å². The van der Waals surface area contributed by atoms with Crippen molar-refractivity contribution in [3.05, 3.63) is 0 Å². The molecule has 0 radical (unpaired) electrons. The van der Waals surface area contributed by atoms with E-state index < -0.39 is 11.8 Å². The molecule has 0 bridgehead atoms. The summed E-state index contributed by atoms with van der Waals surface area (Å²) in [6.07, 6.45) is 12.2. The van der Waals surface area contributed by atoms with Gasteiger partial charge >= 0.3 is 6.16 Å². The molecule has 19 heavy (non-hydrogen) atoms. The Labute approximate surface area is 118 Å². The fraction of sp³-hybridized carbons (Fsp3) is 0.938. The Hall–Kier alpha value is -0.730. The van der Waals surface area contributed by atoms with Crippen molar-refractivity contribution >= 4 is 6.16 Å². The second-order valence-electron chi connectivity index (χ2n) is 6.45. The molecule has 1 aliphatic rings. The molecular weight excluding hydrogens is 240 g/mol. The lowest BCUT2D eigenvalue weighted by molar-refractivity contribution is 0.0150. The summed E-state index contributed by atoms with van der Waals surface area (Å²) in [5.41, 5.74) is -0.578. The number of carbonyl (C=O) groups is 1. The van der Waals surface area contributed by atoms with Gasteiger partial charge in [0, 0.05) is 0 Å². The van der Waals surface area contributed by atoms with E-state index in [0.717, 1.165) is 5.92 Å². The minimum atomic E-state index is -1.22. The van der Waals surface area contributed by atoms with Crippen molar-refractivity contribution in [2.45, 2.75) is 91.1 Å². The molecule has 0 heterocycles. The van der Waals surface area contributed by atoms with E-state index in [1.807, 2.05) is 0 Å². The average molecular weight is 272 g/mol. The highest BCUT2D eigenvalue weighted by atomic mass is 16.7. The number of carboxylic acid groups (broad SMARTS) is 1. The predicted molar refractivity (Wildman–Crippen MR) is 79.6 cm³/mol. The molecule has 0 aromatic carbocycles. The maximum absolute atomic E-state index is 9.79. The predicted octanol–water partition coefficient (Wildman–Crippen LogP) is 5.63. The molecule has 1 N–H and O–H groups in total. The van der Waals surface area contributed by atoms with Crippen molar-refractivity contribution in [3.8, 4) is 0 Å². The van der Waals surface area contributed by atoms with Crippen LogP contribution in [-0.4, -0.2) is 16.9 Å². The van der Waals surface area contributed by atoms with Gasteiger partial charge in [-0.25, -0.2) is 4.79 Å². The first-order valence-electron chi connectivity index (χ1n) is 7.77. The topological polar surface area (TPSA) is 46.5 Å². The van der Waals surface area contributed by atoms with Crippen LogP contribution in [0.2, 0.25) is 0 Å². The molecule has 1 saturated carbocycles. The summed E-state index contributed by atoms with van der Waals surface area (Å²) in [5, 5.41) is 8.03. The fourth-order valence-electron chi connectivity index (χ4n) is 2.39. The lowest BCUT2D eigenvalue weighted by Gasteiger charge is -2.15. The molecule has 3 nitrogen and oxygen atoms in total. The quantitative estimate of drug-likeness (QED) is 0.629. The molecule has 1 aliphatic carbocycles. The first kappa shape index (κ1) is 18.3. The van der Waals surface area contributed by atoms with Crippen molar-refractivity contribution in [2.75, 3.05) is 0 Å². The van der Waals surface area contributed by atoms with Crippen LogP contribution in [0, 0.1) is 5.92 Å². The minimum Gasteiger partial charge on any atom is -0.450 e. The zero-order valence-electron chi connectivity index (χ0n) is 13.2. The van der Waals surface area contributed by atoms with Crippen LogP contribution < -0.4 is 0 Å². The molecule has 0 spiro atoms. The lowest BCUT2D eigenvalue weighted by atomic mass is 9.95. The molecule has 114 valence electrons. The van der Waals surface area contributed by atoms with Crippen molar-refractivity contribution in [2.24, 2.45) is 5.92 Å². The molecule has 1 fully saturated rings. The Bertz CT molecular complexity index is 221. The number of ether oxygens (including phenoxy) is 1. The molecule has 0 unspecified atom stereocenters. The van der Waals surface area contributed by atoms with E-state index in [9.17, 15) is 4.79 Å². The maximum atomic E-state index is 9.79. The molecule has 0 aliphatic heterocycles. The molecule has 0 saturated heterocycles. The highest BCUT2D eigenvalue weighted by Crippen LogP contribution is 2.23. The van der Waals surface area contributed by atoms with E-state index >= 15 is 0 Å². The van der Waals surface area contributed by atoms with Gasteiger partial charge in [0.05, 0.1) is 0 Å².